The summed E-state index contributed by atoms with van der Waals surface area (Å²) in [5.41, 5.74) is 0.897. The van der Waals surface area contributed by atoms with Crippen LogP contribution in [0.25, 0.3) is 0 Å². The second-order valence-corrected chi connectivity index (χ2v) is 7.03. The molecule has 1 heterocycles. The normalized spacial score (nSPS) is 13.2. The Labute approximate surface area is 134 Å². The lowest BCUT2D eigenvalue weighted by molar-refractivity contribution is -0.141. The molecular formula is C15H18N2O5S. The molecular weight excluding hydrogens is 320 g/mol. The van der Waals surface area contributed by atoms with E-state index >= 15 is 0 Å². The molecule has 0 radical (unpaired) electrons. The minimum atomic E-state index is -4.07. The van der Waals surface area contributed by atoms with Gasteiger partial charge in [-0.3, -0.25) is 4.79 Å². The first-order valence-corrected chi connectivity index (χ1v) is 8.40. The first-order valence-electron chi connectivity index (χ1n) is 6.96. The number of sulfonamides is 1. The second kappa shape index (κ2) is 6.51. The monoisotopic (exact) mass is 338 g/mol. The summed E-state index contributed by atoms with van der Waals surface area (Å²) in [5.74, 6) is -1.09. The number of aromatic nitrogens is 1. The highest BCUT2D eigenvalue weighted by Gasteiger charge is 2.36. The van der Waals surface area contributed by atoms with Crippen molar-refractivity contribution in [3.63, 3.8) is 0 Å². The molecule has 0 amide bonds. The molecule has 0 aliphatic heterocycles. The van der Waals surface area contributed by atoms with E-state index in [0.29, 0.717) is 5.56 Å². The summed E-state index contributed by atoms with van der Waals surface area (Å²) in [4.78, 5) is 11.3. The lowest BCUT2D eigenvalue weighted by Gasteiger charge is -2.25. The molecule has 7 nitrogen and oxygen atoms in total. The second-order valence-electron chi connectivity index (χ2n) is 5.20. The van der Waals surface area contributed by atoms with Gasteiger partial charge in [0.1, 0.15) is 16.6 Å². The third-order valence-electron chi connectivity index (χ3n) is 3.51. The molecule has 124 valence electrons. The third kappa shape index (κ3) is 3.43. The summed E-state index contributed by atoms with van der Waals surface area (Å²) >= 11 is 0. The van der Waals surface area contributed by atoms with Gasteiger partial charge in [0, 0.05) is 6.54 Å². The Hall–Kier alpha value is -2.19. The van der Waals surface area contributed by atoms with E-state index in [0.717, 1.165) is 4.31 Å². The SMILES string of the molecule is Cc1noc(C)c1S(=O)(=O)N(Cc1ccccc1)C(C)C(=O)O. The van der Waals surface area contributed by atoms with Crippen molar-refractivity contribution < 1.29 is 22.8 Å². The molecule has 0 fully saturated rings. The van der Waals surface area contributed by atoms with Crippen molar-refractivity contribution in [1.29, 1.82) is 0 Å². The van der Waals surface area contributed by atoms with Gasteiger partial charge in [0.25, 0.3) is 0 Å². The lowest BCUT2D eigenvalue weighted by atomic mass is 10.2. The van der Waals surface area contributed by atoms with E-state index < -0.39 is 22.0 Å². The van der Waals surface area contributed by atoms with Crippen LogP contribution < -0.4 is 0 Å². The third-order valence-corrected chi connectivity index (χ3v) is 5.67. The van der Waals surface area contributed by atoms with Crippen LogP contribution in [0.3, 0.4) is 0 Å². The minimum absolute atomic E-state index is 0.0549. The largest absolute Gasteiger partial charge is 0.480 e. The number of carbonyl (C=O) groups is 1. The Morgan fingerprint density at radius 3 is 2.39 bits per heavy atom. The number of carboxylic acid groups (broad SMARTS) is 1. The molecule has 23 heavy (non-hydrogen) atoms. The van der Waals surface area contributed by atoms with Crippen LogP contribution in [0, 0.1) is 13.8 Å². The summed E-state index contributed by atoms with van der Waals surface area (Å²) in [7, 11) is -4.07. The standard InChI is InChI=1S/C15H18N2O5S/c1-10-14(12(3)22-16-10)23(20,21)17(11(2)15(18)19)9-13-7-5-4-6-8-13/h4-8,11H,9H2,1-3H3,(H,18,19). The van der Waals surface area contributed by atoms with Crippen LogP contribution in [0.15, 0.2) is 39.8 Å². The van der Waals surface area contributed by atoms with Crippen molar-refractivity contribution in [1.82, 2.24) is 9.46 Å². The van der Waals surface area contributed by atoms with Crippen molar-refractivity contribution in [2.45, 2.75) is 38.3 Å². The van der Waals surface area contributed by atoms with Gasteiger partial charge in [-0.1, -0.05) is 35.5 Å². The fraction of sp³-hybridized carbons (Fsp3) is 0.333. The molecule has 1 atom stereocenters. The number of hydrogen-bond donors (Lipinski definition) is 1. The molecule has 0 aliphatic rings. The highest BCUT2D eigenvalue weighted by atomic mass is 32.2. The van der Waals surface area contributed by atoms with Crippen LogP contribution in [0.1, 0.15) is 23.9 Å². The maximum absolute atomic E-state index is 12.9. The van der Waals surface area contributed by atoms with E-state index in [1.807, 2.05) is 0 Å². The maximum Gasteiger partial charge on any atom is 0.321 e. The van der Waals surface area contributed by atoms with Crippen molar-refractivity contribution in [3.8, 4) is 0 Å². The fourth-order valence-electron chi connectivity index (χ4n) is 2.28. The summed E-state index contributed by atoms with van der Waals surface area (Å²) in [5, 5.41) is 12.9. The quantitative estimate of drug-likeness (QED) is 0.864. The van der Waals surface area contributed by atoms with Crippen molar-refractivity contribution >= 4 is 16.0 Å². The van der Waals surface area contributed by atoms with E-state index in [2.05, 4.69) is 5.16 Å². The van der Waals surface area contributed by atoms with Crippen molar-refractivity contribution in [2.24, 2.45) is 0 Å². The van der Waals surface area contributed by atoms with Crippen LogP contribution in [-0.4, -0.2) is 35.0 Å². The Morgan fingerprint density at radius 2 is 1.91 bits per heavy atom. The average Bonchev–Trinajstić information content (AvgIpc) is 2.84. The van der Waals surface area contributed by atoms with E-state index in [-0.39, 0.29) is 22.9 Å². The van der Waals surface area contributed by atoms with Gasteiger partial charge in [-0.15, -0.1) is 0 Å². The topological polar surface area (TPSA) is 101 Å². The van der Waals surface area contributed by atoms with Crippen LogP contribution in [0.2, 0.25) is 0 Å². The van der Waals surface area contributed by atoms with Crippen molar-refractivity contribution in [3.05, 3.63) is 47.3 Å². The fourth-order valence-corrected chi connectivity index (χ4v) is 4.15. The van der Waals surface area contributed by atoms with Gasteiger partial charge in [-0.05, 0) is 26.3 Å². The molecule has 1 aromatic heterocycles. The number of rotatable bonds is 6. The highest BCUT2D eigenvalue weighted by molar-refractivity contribution is 7.89. The van der Waals surface area contributed by atoms with Crippen LogP contribution in [0.4, 0.5) is 0 Å². The summed E-state index contributed by atoms with van der Waals surface area (Å²) in [6, 6.07) is 7.59. The summed E-state index contributed by atoms with van der Waals surface area (Å²) in [6.45, 7) is 4.27. The van der Waals surface area contributed by atoms with E-state index in [1.54, 1.807) is 30.3 Å². The number of hydrogen-bond acceptors (Lipinski definition) is 5. The Bertz CT molecular complexity index is 779. The number of aryl methyl sites for hydroxylation is 2. The lowest BCUT2D eigenvalue weighted by Crippen LogP contribution is -2.42. The molecule has 0 aliphatic carbocycles. The van der Waals surface area contributed by atoms with Gasteiger partial charge in [0.2, 0.25) is 10.0 Å². The van der Waals surface area contributed by atoms with Crippen molar-refractivity contribution in [2.75, 3.05) is 0 Å². The zero-order chi connectivity index (χ0) is 17.2. The zero-order valence-corrected chi connectivity index (χ0v) is 13.9. The smallest absolute Gasteiger partial charge is 0.321 e. The van der Waals surface area contributed by atoms with Gasteiger partial charge in [-0.25, -0.2) is 8.42 Å². The van der Waals surface area contributed by atoms with Gasteiger partial charge in [0.15, 0.2) is 5.76 Å². The number of carboxylic acids is 1. The first kappa shape index (κ1) is 17.2. The molecule has 2 rings (SSSR count). The Morgan fingerprint density at radius 1 is 1.30 bits per heavy atom. The average molecular weight is 338 g/mol. The number of nitrogens with zero attached hydrogens (tertiary/aromatic N) is 2. The minimum Gasteiger partial charge on any atom is -0.480 e. The number of benzene rings is 1. The van der Waals surface area contributed by atoms with Gasteiger partial charge in [0.05, 0.1) is 0 Å². The highest BCUT2D eigenvalue weighted by Crippen LogP contribution is 2.26. The van der Waals surface area contributed by atoms with Crippen LogP contribution >= 0.6 is 0 Å². The summed E-state index contributed by atoms with van der Waals surface area (Å²) in [6.07, 6.45) is 0. The predicted octanol–water partition coefficient (Wildman–Crippen LogP) is 1.96. The van der Waals surface area contributed by atoms with Crippen LogP contribution in [-0.2, 0) is 21.4 Å². The molecule has 0 saturated carbocycles. The van der Waals surface area contributed by atoms with E-state index in [9.17, 15) is 18.3 Å². The molecule has 0 bridgehead atoms. The first-order chi connectivity index (χ1) is 10.7. The van der Waals surface area contributed by atoms with Gasteiger partial charge < -0.3 is 9.63 Å². The van der Waals surface area contributed by atoms with E-state index in [1.165, 1.54) is 20.8 Å². The van der Waals surface area contributed by atoms with Gasteiger partial charge in [-0.2, -0.15) is 4.31 Å². The Kier molecular flexibility index (Phi) is 4.86. The number of aliphatic carboxylic acids is 1. The molecule has 1 N–H and O–H groups in total. The van der Waals surface area contributed by atoms with E-state index in [4.69, 9.17) is 4.52 Å². The summed E-state index contributed by atoms with van der Waals surface area (Å²) < 4.78 is 31.8. The van der Waals surface area contributed by atoms with Gasteiger partial charge >= 0.3 is 5.97 Å². The van der Waals surface area contributed by atoms with Crippen LogP contribution in [0.5, 0.6) is 0 Å². The molecule has 0 saturated heterocycles. The molecule has 2 aromatic rings. The molecule has 1 unspecified atom stereocenters. The zero-order valence-electron chi connectivity index (χ0n) is 13.1. The molecule has 1 aromatic carbocycles. The maximum atomic E-state index is 12.9. The Balaban J connectivity index is 2.51. The molecule has 8 heteroatoms. The predicted molar refractivity (Wildman–Crippen MR) is 82.2 cm³/mol. The molecule has 0 spiro atoms.